The molecule has 0 heterocycles. The van der Waals surface area contributed by atoms with Gasteiger partial charge in [-0.1, -0.05) is 19.9 Å². The molecule has 1 aromatic rings. The molecule has 2 nitrogen and oxygen atoms in total. The van der Waals surface area contributed by atoms with Crippen LogP contribution in [0, 0.1) is 18.2 Å². The topological polar surface area (TPSA) is 29.5 Å². The number of aliphatic hydroxyl groups is 1. The van der Waals surface area contributed by atoms with Crippen LogP contribution in [-0.4, -0.2) is 17.3 Å². The molecule has 88 valence electrons. The molecule has 0 aromatic heterocycles. The van der Waals surface area contributed by atoms with E-state index in [2.05, 4.69) is 0 Å². The zero-order valence-corrected chi connectivity index (χ0v) is 9.83. The van der Waals surface area contributed by atoms with Gasteiger partial charge in [0.1, 0.15) is 6.10 Å². The Hall–Kier alpha value is -1.09. The minimum Gasteiger partial charge on any atom is -0.487 e. The third kappa shape index (κ3) is 1.80. The molecule has 1 aliphatic rings. The second-order valence-corrected chi connectivity index (χ2v) is 5.11. The van der Waals surface area contributed by atoms with Gasteiger partial charge in [-0.25, -0.2) is 4.39 Å². The quantitative estimate of drug-likeness (QED) is 0.836. The molecular formula is C13H17FO2. The van der Waals surface area contributed by atoms with E-state index in [1.165, 1.54) is 6.07 Å². The van der Waals surface area contributed by atoms with Crippen molar-refractivity contribution in [2.75, 3.05) is 0 Å². The van der Waals surface area contributed by atoms with Crippen molar-refractivity contribution in [2.24, 2.45) is 5.41 Å². The van der Waals surface area contributed by atoms with Crippen LogP contribution in [0.15, 0.2) is 18.2 Å². The van der Waals surface area contributed by atoms with Crippen LogP contribution in [0.5, 0.6) is 5.75 Å². The monoisotopic (exact) mass is 224 g/mol. The molecule has 3 heteroatoms. The summed E-state index contributed by atoms with van der Waals surface area (Å²) in [5.74, 6) is -0.0623. The van der Waals surface area contributed by atoms with Crippen LogP contribution in [0.1, 0.15) is 25.8 Å². The highest BCUT2D eigenvalue weighted by Gasteiger charge is 2.49. The van der Waals surface area contributed by atoms with Gasteiger partial charge in [-0.3, -0.25) is 0 Å². The number of rotatable bonds is 2. The van der Waals surface area contributed by atoms with Crippen molar-refractivity contribution in [1.29, 1.82) is 0 Å². The van der Waals surface area contributed by atoms with E-state index in [1.54, 1.807) is 12.1 Å². The lowest BCUT2D eigenvalue weighted by Gasteiger charge is -2.48. The molecule has 1 aromatic carbocycles. The Bertz CT molecular complexity index is 401. The summed E-state index contributed by atoms with van der Waals surface area (Å²) in [4.78, 5) is 0. The van der Waals surface area contributed by atoms with E-state index in [9.17, 15) is 9.50 Å². The second kappa shape index (κ2) is 3.74. The molecule has 1 saturated carbocycles. The van der Waals surface area contributed by atoms with Gasteiger partial charge in [-0.05, 0) is 24.6 Å². The van der Waals surface area contributed by atoms with Crippen molar-refractivity contribution in [2.45, 2.75) is 39.4 Å². The van der Waals surface area contributed by atoms with E-state index < -0.39 is 0 Å². The fourth-order valence-electron chi connectivity index (χ4n) is 1.92. The maximum Gasteiger partial charge on any atom is 0.165 e. The highest BCUT2D eigenvalue weighted by molar-refractivity contribution is 5.30. The van der Waals surface area contributed by atoms with Gasteiger partial charge >= 0.3 is 0 Å². The number of hydrogen-bond acceptors (Lipinski definition) is 2. The summed E-state index contributed by atoms with van der Waals surface area (Å²) in [7, 11) is 0. The molecule has 2 atom stereocenters. The van der Waals surface area contributed by atoms with Crippen molar-refractivity contribution in [3.8, 4) is 5.75 Å². The molecule has 2 unspecified atom stereocenters. The summed E-state index contributed by atoms with van der Waals surface area (Å²) in [5, 5.41) is 9.57. The summed E-state index contributed by atoms with van der Waals surface area (Å²) < 4.78 is 19.1. The third-order valence-electron chi connectivity index (χ3n) is 3.48. The predicted molar refractivity (Wildman–Crippen MR) is 60.0 cm³/mol. The molecule has 0 radical (unpaired) electrons. The normalized spacial score (nSPS) is 27.3. The van der Waals surface area contributed by atoms with Gasteiger partial charge in [0.15, 0.2) is 11.6 Å². The lowest BCUT2D eigenvalue weighted by Crippen LogP contribution is -2.56. The Kier molecular flexibility index (Phi) is 2.66. The van der Waals surface area contributed by atoms with Gasteiger partial charge in [-0.2, -0.15) is 0 Å². The van der Waals surface area contributed by atoms with E-state index >= 15 is 0 Å². The average Bonchev–Trinajstić information content (AvgIpc) is 2.23. The van der Waals surface area contributed by atoms with Crippen molar-refractivity contribution >= 4 is 0 Å². The van der Waals surface area contributed by atoms with Gasteiger partial charge in [0, 0.05) is 11.8 Å². The largest absolute Gasteiger partial charge is 0.487 e. The number of aliphatic hydroxyl groups excluding tert-OH is 1. The van der Waals surface area contributed by atoms with Crippen LogP contribution in [-0.2, 0) is 0 Å². The summed E-state index contributed by atoms with van der Waals surface area (Å²) >= 11 is 0. The summed E-state index contributed by atoms with van der Waals surface area (Å²) in [6.07, 6.45) is 0.101. The number of halogens is 1. The Balaban J connectivity index is 2.13. The first-order chi connectivity index (χ1) is 7.41. The second-order valence-electron chi connectivity index (χ2n) is 5.11. The number of benzene rings is 1. The molecule has 1 fully saturated rings. The summed E-state index contributed by atoms with van der Waals surface area (Å²) in [6, 6.07) is 4.81. The first-order valence-electron chi connectivity index (χ1n) is 5.52. The van der Waals surface area contributed by atoms with Crippen LogP contribution >= 0.6 is 0 Å². The Morgan fingerprint density at radius 2 is 2.12 bits per heavy atom. The van der Waals surface area contributed by atoms with Crippen molar-refractivity contribution in [1.82, 2.24) is 0 Å². The number of hydrogen-bond donors (Lipinski definition) is 1. The van der Waals surface area contributed by atoms with Gasteiger partial charge in [-0.15, -0.1) is 0 Å². The zero-order valence-electron chi connectivity index (χ0n) is 9.83. The molecule has 0 saturated heterocycles. The maximum atomic E-state index is 13.5. The van der Waals surface area contributed by atoms with Crippen LogP contribution in [0.4, 0.5) is 4.39 Å². The van der Waals surface area contributed by atoms with Crippen LogP contribution in [0.2, 0.25) is 0 Å². The fourth-order valence-corrected chi connectivity index (χ4v) is 1.92. The van der Waals surface area contributed by atoms with E-state index in [0.29, 0.717) is 6.42 Å². The van der Waals surface area contributed by atoms with E-state index in [0.717, 1.165) is 5.56 Å². The molecular weight excluding hydrogens is 207 g/mol. The fraction of sp³-hybridized carbons (Fsp3) is 0.538. The molecule has 2 rings (SSSR count). The number of ether oxygens (including phenoxy) is 1. The van der Waals surface area contributed by atoms with Crippen molar-refractivity contribution in [3.05, 3.63) is 29.6 Å². The lowest BCUT2D eigenvalue weighted by molar-refractivity contribution is -0.135. The minimum absolute atomic E-state index is 0.112. The van der Waals surface area contributed by atoms with Crippen molar-refractivity contribution in [3.63, 3.8) is 0 Å². The Morgan fingerprint density at radius 1 is 1.44 bits per heavy atom. The van der Waals surface area contributed by atoms with Crippen LogP contribution in [0.25, 0.3) is 0 Å². The first kappa shape index (κ1) is 11.4. The van der Waals surface area contributed by atoms with Crippen LogP contribution in [0.3, 0.4) is 0 Å². The molecule has 0 bridgehead atoms. The average molecular weight is 224 g/mol. The van der Waals surface area contributed by atoms with Crippen LogP contribution < -0.4 is 4.74 Å². The van der Waals surface area contributed by atoms with E-state index in [4.69, 9.17) is 4.74 Å². The Labute approximate surface area is 95.1 Å². The first-order valence-corrected chi connectivity index (χ1v) is 5.52. The molecule has 1 N–H and O–H groups in total. The smallest absolute Gasteiger partial charge is 0.165 e. The molecule has 0 amide bonds. The van der Waals surface area contributed by atoms with Gasteiger partial charge < -0.3 is 9.84 Å². The van der Waals surface area contributed by atoms with E-state index in [-0.39, 0.29) is 29.2 Å². The van der Waals surface area contributed by atoms with Gasteiger partial charge in [0.2, 0.25) is 0 Å². The Morgan fingerprint density at radius 3 is 2.69 bits per heavy atom. The maximum absolute atomic E-state index is 13.5. The SMILES string of the molecule is Cc1ccc(F)c(OC2CC(O)C2(C)C)c1. The third-order valence-corrected chi connectivity index (χ3v) is 3.48. The van der Waals surface area contributed by atoms with E-state index in [1.807, 2.05) is 20.8 Å². The zero-order chi connectivity index (χ0) is 11.9. The number of aryl methyl sites for hydroxylation is 1. The van der Waals surface area contributed by atoms with Crippen molar-refractivity contribution < 1.29 is 14.2 Å². The predicted octanol–water partition coefficient (Wildman–Crippen LogP) is 2.67. The highest BCUT2D eigenvalue weighted by atomic mass is 19.1. The molecule has 16 heavy (non-hydrogen) atoms. The molecule has 0 aliphatic heterocycles. The lowest BCUT2D eigenvalue weighted by atomic mass is 9.66. The highest BCUT2D eigenvalue weighted by Crippen LogP contribution is 2.43. The summed E-state index contributed by atoms with van der Waals surface area (Å²) in [6.45, 7) is 5.76. The molecule has 0 spiro atoms. The standard InChI is InChI=1S/C13H17FO2/c1-8-4-5-9(14)10(6-8)16-12-7-11(15)13(12,2)3/h4-6,11-12,15H,7H2,1-3H3. The van der Waals surface area contributed by atoms with Gasteiger partial charge in [0.05, 0.1) is 6.10 Å². The minimum atomic E-state index is -0.356. The summed E-state index contributed by atoms with van der Waals surface area (Å²) in [5.41, 5.74) is 0.671. The molecule has 1 aliphatic carbocycles. The van der Waals surface area contributed by atoms with Gasteiger partial charge in [0.25, 0.3) is 0 Å².